The van der Waals surface area contributed by atoms with Crippen LogP contribution in [0.2, 0.25) is 0 Å². The summed E-state index contributed by atoms with van der Waals surface area (Å²) in [5, 5.41) is 21.5. The van der Waals surface area contributed by atoms with E-state index in [2.05, 4.69) is 5.32 Å². The molecule has 0 aliphatic heterocycles. The van der Waals surface area contributed by atoms with Gasteiger partial charge in [0.25, 0.3) is 0 Å². The normalized spacial score (nSPS) is 12.7. The Hall–Kier alpha value is -1.13. The van der Waals surface area contributed by atoms with Crippen molar-refractivity contribution < 1.29 is 14.6 Å². The summed E-state index contributed by atoms with van der Waals surface area (Å²) >= 11 is 0. The second kappa shape index (κ2) is 6.45. The van der Waals surface area contributed by atoms with E-state index in [-0.39, 0.29) is 24.2 Å². The van der Waals surface area contributed by atoms with Crippen molar-refractivity contribution >= 4 is 0 Å². The average molecular weight is 227 g/mol. The number of halogens is 1. The third kappa shape index (κ3) is 3.79. The Labute approximate surface area is 94.9 Å². The van der Waals surface area contributed by atoms with Crippen LogP contribution in [0.3, 0.4) is 0 Å². The minimum atomic E-state index is -0.357. The second-order valence-corrected chi connectivity index (χ2v) is 3.77. The molecular formula is C12H18FNO2. The van der Waals surface area contributed by atoms with Gasteiger partial charge in [-0.1, -0.05) is 6.92 Å². The van der Waals surface area contributed by atoms with Gasteiger partial charge in [-0.2, -0.15) is 0 Å². The van der Waals surface area contributed by atoms with E-state index >= 15 is 0 Å². The highest BCUT2D eigenvalue weighted by molar-refractivity contribution is 5.32. The molecule has 0 bridgehead atoms. The number of aliphatic hydroxyl groups is 1. The first-order chi connectivity index (χ1) is 7.67. The van der Waals surface area contributed by atoms with Crippen LogP contribution in [-0.2, 0) is 6.54 Å². The summed E-state index contributed by atoms with van der Waals surface area (Å²) in [5.41, 5.74) is 0.538. The first-order valence-electron chi connectivity index (χ1n) is 5.49. The van der Waals surface area contributed by atoms with Crippen LogP contribution in [0.4, 0.5) is 4.39 Å². The molecule has 1 atom stereocenters. The van der Waals surface area contributed by atoms with Gasteiger partial charge in [-0.3, -0.25) is 0 Å². The van der Waals surface area contributed by atoms with Gasteiger partial charge in [0.2, 0.25) is 0 Å². The monoisotopic (exact) mass is 227 g/mol. The van der Waals surface area contributed by atoms with Crippen molar-refractivity contribution in [3.8, 4) is 5.75 Å². The van der Waals surface area contributed by atoms with Crippen molar-refractivity contribution in [2.24, 2.45) is 0 Å². The molecule has 3 nitrogen and oxygen atoms in total. The molecule has 1 aromatic rings. The molecule has 0 aliphatic carbocycles. The smallest absolute Gasteiger partial charge is 0.123 e. The zero-order valence-electron chi connectivity index (χ0n) is 9.41. The van der Waals surface area contributed by atoms with Crippen LogP contribution >= 0.6 is 0 Å². The highest BCUT2D eigenvalue weighted by Gasteiger charge is 2.07. The molecule has 0 fully saturated rings. The van der Waals surface area contributed by atoms with Crippen LogP contribution in [-0.4, -0.2) is 22.9 Å². The maximum absolute atomic E-state index is 12.9. The molecule has 1 rings (SSSR count). The Kier molecular flexibility index (Phi) is 5.22. The number of hydrogen-bond donors (Lipinski definition) is 3. The lowest BCUT2D eigenvalue weighted by atomic mass is 10.1. The minimum Gasteiger partial charge on any atom is -0.508 e. The molecule has 16 heavy (non-hydrogen) atoms. The van der Waals surface area contributed by atoms with Crippen molar-refractivity contribution in [3.05, 3.63) is 29.6 Å². The van der Waals surface area contributed by atoms with Gasteiger partial charge in [-0.05, 0) is 31.0 Å². The van der Waals surface area contributed by atoms with Crippen LogP contribution < -0.4 is 5.32 Å². The molecule has 3 N–H and O–H groups in total. The molecule has 0 heterocycles. The van der Waals surface area contributed by atoms with Gasteiger partial charge < -0.3 is 15.5 Å². The number of hydrogen-bond acceptors (Lipinski definition) is 3. The quantitative estimate of drug-likeness (QED) is 0.694. The van der Waals surface area contributed by atoms with E-state index in [9.17, 15) is 9.50 Å². The molecule has 1 unspecified atom stereocenters. The fraction of sp³-hybridized carbons (Fsp3) is 0.500. The summed E-state index contributed by atoms with van der Waals surface area (Å²) in [6, 6.07) is 4.07. The first kappa shape index (κ1) is 12.9. The number of nitrogens with one attached hydrogen (secondary N) is 1. The number of aliphatic hydroxyl groups excluding tert-OH is 1. The number of rotatable bonds is 6. The lowest BCUT2D eigenvalue weighted by molar-refractivity contribution is 0.261. The minimum absolute atomic E-state index is 0.0905. The maximum Gasteiger partial charge on any atom is 0.123 e. The van der Waals surface area contributed by atoms with Crippen molar-refractivity contribution in [2.45, 2.75) is 32.4 Å². The molecule has 1 aromatic carbocycles. The van der Waals surface area contributed by atoms with Gasteiger partial charge >= 0.3 is 0 Å². The second-order valence-electron chi connectivity index (χ2n) is 3.77. The molecule has 0 aliphatic rings. The molecule has 0 amide bonds. The Balaban J connectivity index is 2.55. The van der Waals surface area contributed by atoms with Crippen molar-refractivity contribution in [2.75, 3.05) is 6.61 Å². The molecule has 0 aromatic heterocycles. The lowest BCUT2D eigenvalue weighted by Crippen LogP contribution is -2.28. The third-order valence-electron chi connectivity index (χ3n) is 2.59. The predicted octanol–water partition coefficient (Wildman–Crippen LogP) is 1.78. The summed E-state index contributed by atoms with van der Waals surface area (Å²) in [6.45, 7) is 2.54. The first-order valence-corrected chi connectivity index (χ1v) is 5.49. The standard InChI is InChI=1S/C12H18FNO2/c1-2-11(5-6-15)14-8-9-7-10(13)3-4-12(9)16/h3-4,7,11,14-16H,2,5-6,8H2,1H3. The zero-order valence-corrected chi connectivity index (χ0v) is 9.41. The molecular weight excluding hydrogens is 209 g/mol. The van der Waals surface area contributed by atoms with Crippen LogP contribution in [0, 0.1) is 5.82 Å². The van der Waals surface area contributed by atoms with E-state index in [0.717, 1.165) is 6.42 Å². The fourth-order valence-corrected chi connectivity index (χ4v) is 1.56. The van der Waals surface area contributed by atoms with Gasteiger partial charge in [-0.15, -0.1) is 0 Å². The molecule has 0 spiro atoms. The SMILES string of the molecule is CCC(CCO)NCc1cc(F)ccc1O. The Morgan fingerprint density at radius 2 is 2.19 bits per heavy atom. The van der Waals surface area contributed by atoms with E-state index in [1.807, 2.05) is 6.92 Å². The Bertz CT molecular complexity index is 331. The highest BCUT2D eigenvalue weighted by atomic mass is 19.1. The number of phenols is 1. The van der Waals surface area contributed by atoms with Gasteiger partial charge in [0, 0.05) is 24.8 Å². The largest absolute Gasteiger partial charge is 0.508 e. The van der Waals surface area contributed by atoms with E-state index in [0.29, 0.717) is 18.5 Å². The summed E-state index contributed by atoms with van der Waals surface area (Å²) in [7, 11) is 0. The Morgan fingerprint density at radius 1 is 1.44 bits per heavy atom. The molecule has 0 radical (unpaired) electrons. The van der Waals surface area contributed by atoms with Crippen LogP contribution in [0.5, 0.6) is 5.75 Å². The topological polar surface area (TPSA) is 52.5 Å². The van der Waals surface area contributed by atoms with Gasteiger partial charge in [0.15, 0.2) is 0 Å². The fourth-order valence-electron chi connectivity index (χ4n) is 1.56. The van der Waals surface area contributed by atoms with E-state index in [1.54, 1.807) is 0 Å². The van der Waals surface area contributed by atoms with Gasteiger partial charge in [0.1, 0.15) is 11.6 Å². The van der Waals surface area contributed by atoms with E-state index in [1.165, 1.54) is 18.2 Å². The van der Waals surface area contributed by atoms with Crippen molar-refractivity contribution in [1.82, 2.24) is 5.32 Å². The van der Waals surface area contributed by atoms with Crippen LogP contribution in [0.15, 0.2) is 18.2 Å². The lowest BCUT2D eigenvalue weighted by Gasteiger charge is -2.16. The summed E-state index contributed by atoms with van der Waals surface area (Å²) < 4.78 is 12.9. The number of aromatic hydroxyl groups is 1. The summed E-state index contributed by atoms with van der Waals surface area (Å²) in [5.74, 6) is -0.266. The number of phenolic OH excluding ortho intramolecular Hbond substituents is 1. The maximum atomic E-state index is 12.9. The summed E-state index contributed by atoms with van der Waals surface area (Å²) in [6.07, 6.45) is 1.54. The van der Waals surface area contributed by atoms with Gasteiger partial charge in [-0.25, -0.2) is 4.39 Å². The third-order valence-corrected chi connectivity index (χ3v) is 2.59. The van der Waals surface area contributed by atoms with Crippen molar-refractivity contribution in [1.29, 1.82) is 0 Å². The summed E-state index contributed by atoms with van der Waals surface area (Å²) in [4.78, 5) is 0. The molecule has 90 valence electrons. The average Bonchev–Trinajstić information content (AvgIpc) is 2.28. The van der Waals surface area contributed by atoms with Crippen molar-refractivity contribution in [3.63, 3.8) is 0 Å². The zero-order chi connectivity index (χ0) is 12.0. The van der Waals surface area contributed by atoms with Crippen LogP contribution in [0.1, 0.15) is 25.3 Å². The van der Waals surface area contributed by atoms with Gasteiger partial charge in [0.05, 0.1) is 0 Å². The van der Waals surface area contributed by atoms with E-state index in [4.69, 9.17) is 5.11 Å². The molecule has 4 heteroatoms. The molecule has 0 saturated heterocycles. The number of benzene rings is 1. The van der Waals surface area contributed by atoms with Crippen LogP contribution in [0.25, 0.3) is 0 Å². The van der Waals surface area contributed by atoms with E-state index < -0.39 is 0 Å². The molecule has 0 saturated carbocycles. The predicted molar refractivity (Wildman–Crippen MR) is 60.7 cm³/mol. The highest BCUT2D eigenvalue weighted by Crippen LogP contribution is 2.17. The Morgan fingerprint density at radius 3 is 2.81 bits per heavy atom.